The van der Waals surface area contributed by atoms with E-state index in [1.165, 1.54) is 29.6 Å². The van der Waals surface area contributed by atoms with Gasteiger partial charge in [-0.15, -0.1) is 0 Å². The second-order valence-corrected chi connectivity index (χ2v) is 8.50. The summed E-state index contributed by atoms with van der Waals surface area (Å²) in [5, 5.41) is 0.228. The molecule has 0 aliphatic carbocycles. The van der Waals surface area contributed by atoms with Gasteiger partial charge in [-0.3, -0.25) is 9.10 Å². The van der Waals surface area contributed by atoms with Crippen molar-refractivity contribution in [3.63, 3.8) is 0 Å². The summed E-state index contributed by atoms with van der Waals surface area (Å²) in [6.45, 7) is 3.90. The average molecular weight is 395 g/mol. The highest BCUT2D eigenvalue weighted by atomic mass is 35.5. The minimum atomic E-state index is -3.81. The Morgan fingerprint density at radius 3 is 2.31 bits per heavy atom. The molecule has 0 spiro atoms. The molecule has 0 fully saturated rings. The zero-order valence-electron chi connectivity index (χ0n) is 15.3. The topological polar surface area (TPSA) is 57.7 Å². The minimum absolute atomic E-state index is 0.0193. The number of halogens is 1. The number of nitrogens with zero attached hydrogens (tertiary/aromatic N) is 2. The van der Waals surface area contributed by atoms with Crippen LogP contribution in [0, 0.1) is 0 Å². The van der Waals surface area contributed by atoms with Gasteiger partial charge in [-0.25, -0.2) is 8.42 Å². The van der Waals surface area contributed by atoms with E-state index in [9.17, 15) is 13.2 Å². The summed E-state index contributed by atoms with van der Waals surface area (Å²) in [5.74, 6) is -0.302. The number of anilines is 1. The van der Waals surface area contributed by atoms with Gasteiger partial charge >= 0.3 is 0 Å². The molecule has 0 aromatic heterocycles. The Balaban J connectivity index is 2.44. The lowest BCUT2D eigenvalue weighted by Crippen LogP contribution is -2.35. The Morgan fingerprint density at radius 2 is 1.73 bits per heavy atom. The van der Waals surface area contributed by atoms with E-state index in [1.807, 2.05) is 19.9 Å². The standard InChI is InChI=1S/C19H23ClN2O3S/c1-5-14(2)21(3)19(23)17-13-16(11-12-18(17)20)26(24,25)22(4)15-9-7-6-8-10-15/h6-14H,5H2,1-4H3. The van der Waals surface area contributed by atoms with E-state index < -0.39 is 10.0 Å². The van der Waals surface area contributed by atoms with Crippen molar-refractivity contribution in [1.29, 1.82) is 0 Å². The number of carbonyl (C=O) groups is 1. The van der Waals surface area contributed by atoms with Crippen molar-refractivity contribution in [1.82, 2.24) is 4.90 Å². The highest BCUT2D eigenvalue weighted by Gasteiger charge is 2.25. The van der Waals surface area contributed by atoms with Crippen molar-refractivity contribution in [3.8, 4) is 0 Å². The maximum absolute atomic E-state index is 12.9. The number of rotatable bonds is 6. The van der Waals surface area contributed by atoms with Crippen LogP contribution >= 0.6 is 11.6 Å². The van der Waals surface area contributed by atoms with Crippen LogP contribution in [-0.2, 0) is 10.0 Å². The van der Waals surface area contributed by atoms with Gasteiger partial charge in [-0.2, -0.15) is 0 Å². The first kappa shape index (κ1) is 20.3. The highest BCUT2D eigenvalue weighted by Crippen LogP contribution is 2.26. The van der Waals surface area contributed by atoms with Crippen LogP contribution in [0.2, 0.25) is 5.02 Å². The molecule has 26 heavy (non-hydrogen) atoms. The Labute approximate surface area is 160 Å². The lowest BCUT2D eigenvalue weighted by Gasteiger charge is -2.25. The van der Waals surface area contributed by atoms with Crippen LogP contribution in [0.3, 0.4) is 0 Å². The monoisotopic (exact) mass is 394 g/mol. The molecule has 0 heterocycles. The Kier molecular flexibility index (Phi) is 6.31. The van der Waals surface area contributed by atoms with E-state index in [1.54, 1.807) is 36.2 Å². The fraction of sp³-hybridized carbons (Fsp3) is 0.316. The normalized spacial score (nSPS) is 12.5. The fourth-order valence-corrected chi connectivity index (χ4v) is 3.85. The fourth-order valence-electron chi connectivity index (χ4n) is 2.43. The van der Waals surface area contributed by atoms with Crippen LogP contribution < -0.4 is 4.31 Å². The van der Waals surface area contributed by atoms with Crippen LogP contribution in [0.4, 0.5) is 5.69 Å². The predicted octanol–water partition coefficient (Wildman–Crippen LogP) is 4.04. The largest absolute Gasteiger partial charge is 0.339 e. The molecule has 1 unspecified atom stereocenters. The molecule has 0 aliphatic heterocycles. The van der Waals surface area contributed by atoms with Gasteiger partial charge in [-0.05, 0) is 43.7 Å². The Hall–Kier alpha value is -2.05. The minimum Gasteiger partial charge on any atom is -0.339 e. The SMILES string of the molecule is CCC(C)N(C)C(=O)c1cc(S(=O)(=O)N(C)c2ccccc2)ccc1Cl. The second-order valence-electron chi connectivity index (χ2n) is 6.12. The number of hydrogen-bond acceptors (Lipinski definition) is 3. The van der Waals surface area contributed by atoms with Crippen LogP contribution in [0.5, 0.6) is 0 Å². The summed E-state index contributed by atoms with van der Waals surface area (Å²) in [6, 6.07) is 13.0. The zero-order chi connectivity index (χ0) is 19.5. The molecule has 0 saturated carbocycles. The molecule has 1 amide bonds. The molecule has 7 heteroatoms. The van der Waals surface area contributed by atoms with Crippen LogP contribution in [0.25, 0.3) is 0 Å². The van der Waals surface area contributed by atoms with E-state index in [4.69, 9.17) is 11.6 Å². The molecule has 0 aliphatic rings. The van der Waals surface area contributed by atoms with Crippen LogP contribution in [0.1, 0.15) is 30.6 Å². The number of hydrogen-bond donors (Lipinski definition) is 0. The van der Waals surface area contributed by atoms with Gasteiger partial charge in [0.05, 0.1) is 21.2 Å². The summed E-state index contributed by atoms with van der Waals surface area (Å²) < 4.78 is 27.1. The molecule has 0 bridgehead atoms. The quantitative estimate of drug-likeness (QED) is 0.743. The summed E-state index contributed by atoms with van der Waals surface area (Å²) in [5.41, 5.74) is 0.712. The lowest BCUT2D eigenvalue weighted by molar-refractivity contribution is 0.0740. The van der Waals surface area contributed by atoms with E-state index in [2.05, 4.69) is 0 Å². The van der Waals surface area contributed by atoms with Crippen molar-refractivity contribution in [2.45, 2.75) is 31.2 Å². The summed E-state index contributed by atoms with van der Waals surface area (Å²) in [7, 11) is -0.650. The molecule has 2 rings (SSSR count). The third-order valence-corrected chi connectivity index (χ3v) is 6.63. The zero-order valence-corrected chi connectivity index (χ0v) is 16.9. The van der Waals surface area contributed by atoms with E-state index >= 15 is 0 Å². The van der Waals surface area contributed by atoms with Gasteiger partial charge in [0.2, 0.25) is 0 Å². The van der Waals surface area contributed by atoms with E-state index in [0.717, 1.165) is 6.42 Å². The number of carbonyl (C=O) groups excluding carboxylic acids is 1. The first-order valence-corrected chi connectivity index (χ1v) is 10.1. The highest BCUT2D eigenvalue weighted by molar-refractivity contribution is 7.92. The first-order valence-electron chi connectivity index (χ1n) is 8.30. The van der Waals surface area contributed by atoms with Gasteiger partial charge < -0.3 is 4.90 Å². The van der Waals surface area contributed by atoms with Gasteiger partial charge in [0.1, 0.15) is 0 Å². The van der Waals surface area contributed by atoms with Gasteiger partial charge in [0.15, 0.2) is 0 Å². The van der Waals surface area contributed by atoms with Crippen molar-refractivity contribution in [2.24, 2.45) is 0 Å². The third kappa shape index (κ3) is 4.02. The summed E-state index contributed by atoms with van der Waals surface area (Å²) in [4.78, 5) is 14.3. The van der Waals surface area contributed by atoms with Crippen molar-refractivity contribution >= 4 is 33.2 Å². The smallest absolute Gasteiger partial charge is 0.264 e. The van der Waals surface area contributed by atoms with Crippen LogP contribution in [-0.4, -0.2) is 39.4 Å². The maximum atomic E-state index is 12.9. The maximum Gasteiger partial charge on any atom is 0.264 e. The molecule has 0 N–H and O–H groups in total. The Morgan fingerprint density at radius 1 is 1.12 bits per heavy atom. The molecule has 140 valence electrons. The number of sulfonamides is 1. The van der Waals surface area contributed by atoms with Crippen molar-refractivity contribution < 1.29 is 13.2 Å². The van der Waals surface area contributed by atoms with Gasteiger partial charge in [0, 0.05) is 20.1 Å². The lowest BCUT2D eigenvalue weighted by atomic mass is 10.1. The molecular formula is C19H23ClN2O3S. The number of amides is 1. The van der Waals surface area contributed by atoms with Crippen LogP contribution in [0.15, 0.2) is 53.4 Å². The van der Waals surface area contributed by atoms with Crippen molar-refractivity contribution in [2.75, 3.05) is 18.4 Å². The summed E-state index contributed by atoms with van der Waals surface area (Å²) >= 11 is 6.17. The molecule has 2 aromatic rings. The first-order chi connectivity index (χ1) is 12.2. The predicted molar refractivity (Wildman–Crippen MR) is 105 cm³/mol. The molecule has 1 atom stereocenters. The average Bonchev–Trinajstić information content (AvgIpc) is 2.66. The molecule has 0 saturated heterocycles. The number of para-hydroxylation sites is 1. The van der Waals surface area contributed by atoms with Crippen molar-refractivity contribution in [3.05, 3.63) is 59.1 Å². The molecular weight excluding hydrogens is 372 g/mol. The van der Waals surface area contributed by atoms with Gasteiger partial charge in [-0.1, -0.05) is 36.7 Å². The molecule has 0 radical (unpaired) electrons. The summed E-state index contributed by atoms with van der Waals surface area (Å²) in [6.07, 6.45) is 0.786. The Bertz CT molecular complexity index is 885. The molecule has 5 nitrogen and oxygen atoms in total. The van der Waals surface area contributed by atoms with E-state index in [-0.39, 0.29) is 27.4 Å². The third-order valence-electron chi connectivity index (χ3n) is 4.52. The van der Waals surface area contributed by atoms with E-state index in [0.29, 0.717) is 5.69 Å². The van der Waals surface area contributed by atoms with Gasteiger partial charge in [0.25, 0.3) is 15.9 Å². The number of benzene rings is 2. The second kappa shape index (κ2) is 8.10. The molecule has 2 aromatic carbocycles.